The number of nitrogens with zero attached hydrogens (tertiary/aromatic N) is 1. The van der Waals surface area contributed by atoms with Gasteiger partial charge in [-0.2, -0.15) is 0 Å². The SMILES string of the molecule is CC[C@@H](C)NC(=O)[C@H](CC)N(Cc1cccc(OC)c1)C(=O)CSCc1ccccc1Cl. The molecule has 0 aliphatic carbocycles. The fraction of sp³-hybridized carbons (Fsp3) is 0.440. The minimum atomic E-state index is -0.538. The molecule has 2 amide bonds. The first-order valence-corrected chi connectivity index (χ1v) is 12.5. The van der Waals surface area contributed by atoms with Crippen molar-refractivity contribution in [1.29, 1.82) is 0 Å². The third kappa shape index (κ3) is 7.75. The average Bonchev–Trinajstić information content (AvgIpc) is 2.80. The molecule has 7 heteroatoms. The number of benzene rings is 2. The largest absolute Gasteiger partial charge is 0.497 e. The molecule has 2 atom stereocenters. The summed E-state index contributed by atoms with van der Waals surface area (Å²) in [6.45, 7) is 6.27. The van der Waals surface area contributed by atoms with E-state index in [9.17, 15) is 9.59 Å². The van der Waals surface area contributed by atoms with Crippen molar-refractivity contribution < 1.29 is 14.3 Å². The number of methoxy groups -OCH3 is 1. The molecule has 0 fully saturated rings. The van der Waals surface area contributed by atoms with Crippen molar-refractivity contribution in [3.63, 3.8) is 0 Å². The van der Waals surface area contributed by atoms with E-state index in [0.717, 1.165) is 23.3 Å². The van der Waals surface area contributed by atoms with Crippen LogP contribution in [0.1, 0.15) is 44.7 Å². The van der Waals surface area contributed by atoms with E-state index in [1.165, 1.54) is 11.8 Å². The minimum Gasteiger partial charge on any atom is -0.497 e. The molecule has 0 heterocycles. The third-order valence-electron chi connectivity index (χ3n) is 5.31. The molecular weight excluding hydrogens is 444 g/mol. The van der Waals surface area contributed by atoms with Crippen molar-refractivity contribution in [3.05, 3.63) is 64.7 Å². The Hall–Kier alpha value is -2.18. The van der Waals surface area contributed by atoms with E-state index >= 15 is 0 Å². The Balaban J connectivity index is 2.17. The Morgan fingerprint density at radius 1 is 1.12 bits per heavy atom. The molecule has 0 aliphatic rings. The standard InChI is InChI=1S/C25H33ClN2O3S/c1-5-18(3)27-25(30)23(6-2)28(15-19-10-9-12-21(14-19)31-4)24(29)17-32-16-20-11-7-8-13-22(20)26/h7-14,18,23H,5-6,15-17H2,1-4H3,(H,27,30)/t18-,23+/m1/s1. The van der Waals surface area contributed by atoms with Gasteiger partial charge in [-0.15, -0.1) is 11.8 Å². The first-order chi connectivity index (χ1) is 15.4. The molecule has 2 aromatic carbocycles. The number of carbonyl (C=O) groups is 2. The highest BCUT2D eigenvalue weighted by Gasteiger charge is 2.29. The minimum absolute atomic E-state index is 0.0555. The molecule has 1 N–H and O–H groups in total. The lowest BCUT2D eigenvalue weighted by molar-refractivity contribution is -0.139. The summed E-state index contributed by atoms with van der Waals surface area (Å²) in [5, 5.41) is 3.73. The Labute approximate surface area is 200 Å². The van der Waals surface area contributed by atoms with E-state index in [-0.39, 0.29) is 23.6 Å². The van der Waals surface area contributed by atoms with Gasteiger partial charge >= 0.3 is 0 Å². The molecule has 0 saturated carbocycles. The van der Waals surface area contributed by atoms with Crippen molar-refractivity contribution in [3.8, 4) is 5.75 Å². The zero-order valence-corrected chi connectivity index (χ0v) is 20.8. The molecule has 0 spiro atoms. The lowest BCUT2D eigenvalue weighted by Crippen LogP contribution is -2.51. The fourth-order valence-corrected chi connectivity index (χ4v) is 4.47. The van der Waals surface area contributed by atoms with Crippen molar-refractivity contribution >= 4 is 35.2 Å². The molecular formula is C25H33ClN2O3S. The number of nitrogens with one attached hydrogen (secondary N) is 1. The van der Waals surface area contributed by atoms with Crippen LogP contribution in [-0.2, 0) is 21.9 Å². The summed E-state index contributed by atoms with van der Waals surface area (Å²) in [5.74, 6) is 1.43. The summed E-state index contributed by atoms with van der Waals surface area (Å²) in [4.78, 5) is 28.0. The maximum Gasteiger partial charge on any atom is 0.243 e. The van der Waals surface area contributed by atoms with Crippen LogP contribution in [0.3, 0.4) is 0 Å². The van der Waals surface area contributed by atoms with Gasteiger partial charge in [-0.25, -0.2) is 0 Å². The molecule has 0 radical (unpaired) electrons. The van der Waals surface area contributed by atoms with Crippen LogP contribution in [0.2, 0.25) is 5.02 Å². The van der Waals surface area contributed by atoms with E-state index in [1.54, 1.807) is 12.0 Å². The number of halogens is 1. The van der Waals surface area contributed by atoms with Crippen LogP contribution in [0.15, 0.2) is 48.5 Å². The smallest absolute Gasteiger partial charge is 0.243 e. The zero-order valence-electron chi connectivity index (χ0n) is 19.3. The van der Waals surface area contributed by atoms with Crippen molar-refractivity contribution in [2.75, 3.05) is 12.9 Å². The van der Waals surface area contributed by atoms with Gasteiger partial charge in [0, 0.05) is 23.4 Å². The zero-order chi connectivity index (χ0) is 23.5. The summed E-state index contributed by atoms with van der Waals surface area (Å²) in [6.07, 6.45) is 1.37. The number of thioether (sulfide) groups is 1. The number of hydrogen-bond acceptors (Lipinski definition) is 4. The number of rotatable bonds is 12. The van der Waals surface area contributed by atoms with Gasteiger partial charge in [0.15, 0.2) is 0 Å². The van der Waals surface area contributed by atoms with Gasteiger partial charge < -0.3 is 15.0 Å². The quantitative estimate of drug-likeness (QED) is 0.451. The molecule has 0 unspecified atom stereocenters. The molecule has 174 valence electrons. The highest BCUT2D eigenvalue weighted by atomic mass is 35.5. The first-order valence-electron chi connectivity index (χ1n) is 10.9. The van der Waals surface area contributed by atoms with E-state index in [2.05, 4.69) is 5.32 Å². The van der Waals surface area contributed by atoms with Crippen LogP contribution in [-0.4, -0.2) is 41.7 Å². The van der Waals surface area contributed by atoms with Crippen LogP contribution >= 0.6 is 23.4 Å². The summed E-state index contributed by atoms with van der Waals surface area (Å²) in [6, 6.07) is 14.7. The molecule has 0 bridgehead atoms. The van der Waals surface area contributed by atoms with Crippen LogP contribution in [0.25, 0.3) is 0 Å². The van der Waals surface area contributed by atoms with E-state index in [1.807, 2.05) is 69.3 Å². The monoisotopic (exact) mass is 476 g/mol. The van der Waals surface area contributed by atoms with Gasteiger partial charge in [-0.3, -0.25) is 9.59 Å². The molecule has 0 aliphatic heterocycles. The van der Waals surface area contributed by atoms with E-state index < -0.39 is 6.04 Å². The Bertz CT molecular complexity index is 893. The van der Waals surface area contributed by atoms with Gasteiger partial charge in [-0.05, 0) is 49.1 Å². The van der Waals surface area contributed by atoms with Crippen LogP contribution in [0.4, 0.5) is 0 Å². The second kappa shape index (κ2) is 13.4. The Kier molecular flexibility index (Phi) is 10.9. The number of carbonyl (C=O) groups excluding carboxylic acids is 2. The van der Waals surface area contributed by atoms with Gasteiger partial charge in [-0.1, -0.05) is 55.8 Å². The lowest BCUT2D eigenvalue weighted by atomic mass is 10.1. The second-order valence-electron chi connectivity index (χ2n) is 7.70. The van der Waals surface area contributed by atoms with Crippen LogP contribution in [0.5, 0.6) is 5.75 Å². The third-order valence-corrected chi connectivity index (χ3v) is 6.65. The number of ether oxygens (including phenoxy) is 1. The topological polar surface area (TPSA) is 58.6 Å². The first kappa shape index (κ1) is 26.1. The number of hydrogen-bond donors (Lipinski definition) is 1. The summed E-state index contributed by atoms with van der Waals surface area (Å²) < 4.78 is 5.32. The predicted molar refractivity (Wildman–Crippen MR) is 133 cm³/mol. The summed E-state index contributed by atoms with van der Waals surface area (Å²) in [5.41, 5.74) is 1.91. The normalized spacial score (nSPS) is 12.7. The molecule has 2 aromatic rings. The molecule has 0 aromatic heterocycles. The molecule has 0 saturated heterocycles. The van der Waals surface area contributed by atoms with Crippen molar-refractivity contribution in [2.45, 2.75) is 58.0 Å². The van der Waals surface area contributed by atoms with Crippen molar-refractivity contribution in [1.82, 2.24) is 10.2 Å². The Morgan fingerprint density at radius 3 is 2.53 bits per heavy atom. The van der Waals surface area contributed by atoms with E-state index in [0.29, 0.717) is 23.7 Å². The van der Waals surface area contributed by atoms with E-state index in [4.69, 9.17) is 16.3 Å². The summed E-state index contributed by atoms with van der Waals surface area (Å²) in [7, 11) is 1.61. The summed E-state index contributed by atoms with van der Waals surface area (Å²) >= 11 is 7.74. The molecule has 32 heavy (non-hydrogen) atoms. The maximum absolute atomic E-state index is 13.3. The van der Waals surface area contributed by atoms with Gasteiger partial charge in [0.25, 0.3) is 0 Å². The Morgan fingerprint density at radius 2 is 1.88 bits per heavy atom. The average molecular weight is 477 g/mol. The highest BCUT2D eigenvalue weighted by Crippen LogP contribution is 2.23. The van der Waals surface area contributed by atoms with Gasteiger partial charge in [0.05, 0.1) is 12.9 Å². The lowest BCUT2D eigenvalue weighted by Gasteiger charge is -2.31. The predicted octanol–water partition coefficient (Wildman–Crippen LogP) is 5.30. The second-order valence-corrected chi connectivity index (χ2v) is 9.09. The molecule has 2 rings (SSSR count). The maximum atomic E-state index is 13.3. The van der Waals surface area contributed by atoms with Gasteiger partial charge in [0.2, 0.25) is 11.8 Å². The highest BCUT2D eigenvalue weighted by molar-refractivity contribution is 7.99. The van der Waals surface area contributed by atoms with Gasteiger partial charge in [0.1, 0.15) is 11.8 Å². The molecule has 5 nitrogen and oxygen atoms in total. The number of amides is 2. The van der Waals surface area contributed by atoms with Crippen LogP contribution < -0.4 is 10.1 Å². The fourth-order valence-electron chi connectivity index (χ4n) is 3.27. The van der Waals surface area contributed by atoms with Crippen LogP contribution in [0, 0.1) is 0 Å². The van der Waals surface area contributed by atoms with Crippen molar-refractivity contribution in [2.24, 2.45) is 0 Å².